The van der Waals surface area contributed by atoms with Crippen LogP contribution in [0.5, 0.6) is 5.75 Å². The first-order valence-electron chi connectivity index (χ1n) is 12.3. The molecule has 180 valence electrons. The van der Waals surface area contributed by atoms with Crippen LogP contribution in [0.4, 0.5) is 0 Å². The molecule has 4 atom stereocenters. The van der Waals surface area contributed by atoms with Crippen molar-refractivity contribution >= 4 is 11.8 Å². The number of ether oxygens (including phenoxy) is 2. The second kappa shape index (κ2) is 9.76. The highest BCUT2D eigenvalue weighted by molar-refractivity contribution is 6.02. The van der Waals surface area contributed by atoms with Crippen molar-refractivity contribution in [1.29, 1.82) is 0 Å². The average molecular weight is 464 g/mol. The molecule has 1 aliphatic carbocycles. The van der Waals surface area contributed by atoms with Crippen LogP contribution in [0.25, 0.3) is 0 Å². The Morgan fingerprint density at radius 1 is 1.09 bits per heavy atom. The summed E-state index contributed by atoms with van der Waals surface area (Å²) in [5.74, 6) is 0.682. The SMILES string of the molecule is CNC(=O)c1cc(C(=O)N[C@@H]2C[C@H]2CCN2CCOCC2)cc2c1O[C@H](C)[C@H]2c1ccccc1. The Bertz CT molecular complexity index is 1050. The van der Waals surface area contributed by atoms with Crippen LogP contribution in [-0.4, -0.2) is 68.8 Å². The number of morpholine rings is 1. The van der Waals surface area contributed by atoms with Crippen molar-refractivity contribution in [3.05, 3.63) is 64.7 Å². The maximum absolute atomic E-state index is 13.2. The van der Waals surface area contributed by atoms with Gasteiger partial charge in [0.1, 0.15) is 11.9 Å². The molecule has 2 amide bonds. The van der Waals surface area contributed by atoms with Crippen molar-refractivity contribution in [2.24, 2.45) is 5.92 Å². The second-order valence-corrected chi connectivity index (χ2v) is 9.55. The zero-order valence-corrected chi connectivity index (χ0v) is 19.9. The molecule has 2 aliphatic heterocycles. The first-order chi connectivity index (χ1) is 16.5. The number of hydrogen-bond acceptors (Lipinski definition) is 5. The van der Waals surface area contributed by atoms with Gasteiger partial charge in [-0.25, -0.2) is 0 Å². The van der Waals surface area contributed by atoms with E-state index in [2.05, 4.69) is 27.7 Å². The molecule has 1 saturated carbocycles. The summed E-state index contributed by atoms with van der Waals surface area (Å²) in [4.78, 5) is 28.3. The number of fused-ring (bicyclic) bond motifs is 1. The first-order valence-corrected chi connectivity index (χ1v) is 12.3. The molecule has 7 nitrogen and oxygen atoms in total. The van der Waals surface area contributed by atoms with E-state index in [0.717, 1.165) is 56.8 Å². The van der Waals surface area contributed by atoms with Crippen molar-refractivity contribution in [2.45, 2.75) is 37.8 Å². The standard InChI is InChI=1S/C27H33N3O4/c1-17-24(18-6-4-3-5-7-18)21-14-20(15-22(25(21)34-17)27(32)28-2)26(31)29-23-16-19(23)8-9-30-10-12-33-13-11-30/h3-7,14-15,17,19,23-24H,8-13,16H2,1-2H3,(H,28,32)(H,29,31)/t17-,19-,23-,24+/m1/s1. The Morgan fingerprint density at radius 3 is 2.59 bits per heavy atom. The lowest BCUT2D eigenvalue weighted by Gasteiger charge is -2.26. The highest BCUT2D eigenvalue weighted by atomic mass is 16.5. The van der Waals surface area contributed by atoms with Gasteiger partial charge in [-0.05, 0) is 49.9 Å². The number of hydrogen-bond donors (Lipinski definition) is 2. The predicted molar refractivity (Wildman–Crippen MR) is 129 cm³/mol. The molecule has 0 spiro atoms. The fraction of sp³-hybridized carbons (Fsp3) is 0.481. The number of carbonyl (C=O) groups excluding carboxylic acids is 2. The largest absolute Gasteiger partial charge is 0.489 e. The molecule has 0 radical (unpaired) electrons. The lowest BCUT2D eigenvalue weighted by Crippen LogP contribution is -2.37. The number of rotatable bonds is 7. The Kier molecular flexibility index (Phi) is 6.57. The molecule has 7 heteroatoms. The maximum atomic E-state index is 13.2. The first kappa shape index (κ1) is 22.9. The van der Waals surface area contributed by atoms with Gasteiger partial charge in [0.2, 0.25) is 0 Å². The Labute approximate surface area is 200 Å². The van der Waals surface area contributed by atoms with Gasteiger partial charge in [0.05, 0.1) is 18.8 Å². The van der Waals surface area contributed by atoms with Crippen LogP contribution in [0.2, 0.25) is 0 Å². The molecule has 0 unspecified atom stereocenters. The third-order valence-electron chi connectivity index (χ3n) is 7.28. The van der Waals surface area contributed by atoms with Crippen molar-refractivity contribution < 1.29 is 19.1 Å². The molecule has 0 aromatic heterocycles. The number of carbonyl (C=O) groups is 2. The monoisotopic (exact) mass is 463 g/mol. The summed E-state index contributed by atoms with van der Waals surface area (Å²) in [6, 6.07) is 13.9. The van der Waals surface area contributed by atoms with Gasteiger partial charge in [-0.1, -0.05) is 30.3 Å². The van der Waals surface area contributed by atoms with E-state index in [4.69, 9.17) is 9.47 Å². The van der Waals surface area contributed by atoms with E-state index in [1.165, 1.54) is 0 Å². The predicted octanol–water partition coefficient (Wildman–Crippen LogP) is 2.80. The molecule has 34 heavy (non-hydrogen) atoms. The van der Waals surface area contributed by atoms with Gasteiger partial charge in [-0.3, -0.25) is 14.5 Å². The molecule has 2 fully saturated rings. The molecule has 3 aliphatic rings. The van der Waals surface area contributed by atoms with E-state index >= 15 is 0 Å². The summed E-state index contributed by atoms with van der Waals surface area (Å²) < 4.78 is 11.6. The van der Waals surface area contributed by atoms with Crippen LogP contribution in [0.3, 0.4) is 0 Å². The number of nitrogens with zero attached hydrogens (tertiary/aromatic N) is 1. The Morgan fingerprint density at radius 2 is 1.85 bits per heavy atom. The summed E-state index contributed by atoms with van der Waals surface area (Å²) in [7, 11) is 1.60. The lowest BCUT2D eigenvalue weighted by molar-refractivity contribution is 0.0367. The molecule has 0 bridgehead atoms. The minimum Gasteiger partial charge on any atom is -0.489 e. The Balaban J connectivity index is 1.32. The molecule has 2 aromatic carbocycles. The fourth-order valence-electron chi connectivity index (χ4n) is 5.23. The molecule has 2 aromatic rings. The van der Waals surface area contributed by atoms with Crippen LogP contribution in [-0.2, 0) is 4.74 Å². The molecular weight excluding hydrogens is 430 g/mol. The van der Waals surface area contributed by atoms with Gasteiger partial charge in [0.25, 0.3) is 11.8 Å². The Hall–Kier alpha value is -2.90. The number of amides is 2. The van der Waals surface area contributed by atoms with Gasteiger partial charge in [-0.15, -0.1) is 0 Å². The molecule has 2 N–H and O–H groups in total. The van der Waals surface area contributed by atoms with E-state index in [1.54, 1.807) is 13.1 Å². The summed E-state index contributed by atoms with van der Waals surface area (Å²) in [6.45, 7) is 6.66. The lowest BCUT2D eigenvalue weighted by atomic mass is 9.87. The van der Waals surface area contributed by atoms with Crippen LogP contribution < -0.4 is 15.4 Å². The third-order valence-corrected chi connectivity index (χ3v) is 7.28. The highest BCUT2D eigenvalue weighted by Crippen LogP contribution is 2.45. The van der Waals surface area contributed by atoms with Gasteiger partial charge in [0.15, 0.2) is 0 Å². The highest BCUT2D eigenvalue weighted by Gasteiger charge is 2.40. The van der Waals surface area contributed by atoms with Crippen molar-refractivity contribution in [1.82, 2.24) is 15.5 Å². The summed E-state index contributed by atoms with van der Waals surface area (Å²) in [6.07, 6.45) is 1.96. The molecular formula is C27H33N3O4. The minimum absolute atomic E-state index is 0.0328. The maximum Gasteiger partial charge on any atom is 0.254 e. The van der Waals surface area contributed by atoms with Gasteiger partial charge in [-0.2, -0.15) is 0 Å². The smallest absolute Gasteiger partial charge is 0.254 e. The summed E-state index contributed by atoms with van der Waals surface area (Å²) in [5.41, 5.74) is 2.93. The zero-order chi connectivity index (χ0) is 23.7. The third kappa shape index (κ3) is 4.68. The summed E-state index contributed by atoms with van der Waals surface area (Å²) in [5, 5.41) is 5.88. The number of benzene rings is 2. The quantitative estimate of drug-likeness (QED) is 0.660. The van der Waals surface area contributed by atoms with Crippen LogP contribution in [0.15, 0.2) is 42.5 Å². The van der Waals surface area contributed by atoms with E-state index in [0.29, 0.717) is 22.8 Å². The van der Waals surface area contributed by atoms with Gasteiger partial charge >= 0.3 is 0 Å². The van der Waals surface area contributed by atoms with E-state index < -0.39 is 0 Å². The van der Waals surface area contributed by atoms with Gasteiger partial charge in [0, 0.05) is 43.2 Å². The van der Waals surface area contributed by atoms with Crippen LogP contribution in [0, 0.1) is 5.92 Å². The topological polar surface area (TPSA) is 79.9 Å². The zero-order valence-electron chi connectivity index (χ0n) is 19.9. The van der Waals surface area contributed by atoms with E-state index in [9.17, 15) is 9.59 Å². The van der Waals surface area contributed by atoms with Crippen molar-refractivity contribution in [3.8, 4) is 5.75 Å². The molecule has 1 saturated heterocycles. The normalized spacial score (nSPS) is 25.8. The van der Waals surface area contributed by atoms with E-state index in [-0.39, 0.29) is 29.9 Å². The van der Waals surface area contributed by atoms with Crippen LogP contribution in [0.1, 0.15) is 57.5 Å². The number of nitrogens with one attached hydrogen (secondary N) is 2. The van der Waals surface area contributed by atoms with E-state index in [1.807, 2.05) is 31.2 Å². The van der Waals surface area contributed by atoms with Gasteiger partial charge < -0.3 is 20.1 Å². The second-order valence-electron chi connectivity index (χ2n) is 9.55. The minimum atomic E-state index is -0.248. The fourth-order valence-corrected chi connectivity index (χ4v) is 5.23. The average Bonchev–Trinajstić information content (AvgIpc) is 3.52. The van der Waals surface area contributed by atoms with Crippen molar-refractivity contribution in [2.75, 3.05) is 39.9 Å². The summed E-state index contributed by atoms with van der Waals surface area (Å²) >= 11 is 0. The van der Waals surface area contributed by atoms with Crippen LogP contribution >= 0.6 is 0 Å². The molecule has 5 rings (SSSR count). The molecule has 2 heterocycles. The van der Waals surface area contributed by atoms with Crippen molar-refractivity contribution in [3.63, 3.8) is 0 Å².